The van der Waals surface area contributed by atoms with E-state index in [1.807, 2.05) is 13.0 Å². The zero-order valence-electron chi connectivity index (χ0n) is 17.0. The highest BCUT2D eigenvalue weighted by Crippen LogP contribution is 2.35. The number of carbonyl (C=O) groups excluding carboxylic acids is 2. The van der Waals surface area contributed by atoms with E-state index in [0.717, 1.165) is 40.4 Å². The molecule has 1 aliphatic heterocycles. The predicted molar refractivity (Wildman–Crippen MR) is 106 cm³/mol. The van der Waals surface area contributed by atoms with Gasteiger partial charge in [0.25, 0.3) is 15.7 Å². The minimum atomic E-state index is -5.53. The third kappa shape index (κ3) is 3.89. The molecule has 31 heavy (non-hydrogen) atoms. The average molecular weight is 455 g/mol. The summed E-state index contributed by atoms with van der Waals surface area (Å²) in [5.41, 5.74) is -5.09. The Morgan fingerprint density at radius 1 is 1.06 bits per heavy atom. The van der Waals surface area contributed by atoms with Crippen LogP contribution in [0.4, 0.5) is 23.7 Å². The van der Waals surface area contributed by atoms with Crippen LogP contribution in [0.5, 0.6) is 0 Å². The number of benzene rings is 1. The van der Waals surface area contributed by atoms with Crippen molar-refractivity contribution in [3.63, 3.8) is 0 Å². The van der Waals surface area contributed by atoms with Gasteiger partial charge in [-0.25, -0.2) is 18.1 Å². The summed E-state index contributed by atoms with van der Waals surface area (Å²) in [5.74, 6) is -0.575. The van der Waals surface area contributed by atoms with Gasteiger partial charge in [-0.2, -0.15) is 13.2 Å². The molecule has 0 aliphatic carbocycles. The number of urea groups is 1. The second kappa shape index (κ2) is 7.63. The number of imide groups is 1. The summed E-state index contributed by atoms with van der Waals surface area (Å²) in [4.78, 5) is 31.4. The van der Waals surface area contributed by atoms with Crippen LogP contribution < -0.4 is 4.90 Å². The molecule has 0 unspecified atom stereocenters. The summed E-state index contributed by atoms with van der Waals surface area (Å²) >= 11 is 0. The highest BCUT2D eigenvalue weighted by molar-refractivity contribution is 7.92. The van der Waals surface area contributed by atoms with Crippen molar-refractivity contribution in [1.82, 2.24) is 9.88 Å². The Bertz CT molecular complexity index is 1130. The molecule has 1 aromatic heterocycles. The lowest BCUT2D eigenvalue weighted by molar-refractivity contribution is -0.123. The number of rotatable bonds is 5. The van der Waals surface area contributed by atoms with Crippen LogP contribution in [0.3, 0.4) is 0 Å². The van der Waals surface area contributed by atoms with E-state index in [4.69, 9.17) is 0 Å². The van der Waals surface area contributed by atoms with Crippen LogP contribution in [0.15, 0.2) is 47.5 Å². The molecule has 1 fully saturated rings. The zero-order chi connectivity index (χ0) is 23.2. The normalized spacial score (nSPS) is 16.8. The van der Waals surface area contributed by atoms with Crippen molar-refractivity contribution in [2.45, 2.75) is 49.7 Å². The Morgan fingerprint density at radius 3 is 2.23 bits per heavy atom. The molecule has 0 atom stereocenters. The van der Waals surface area contributed by atoms with Crippen molar-refractivity contribution in [3.8, 4) is 0 Å². The summed E-state index contributed by atoms with van der Waals surface area (Å²) < 4.78 is 61.3. The molecule has 0 bridgehead atoms. The molecular formula is C20H20F3N3O4S. The fourth-order valence-corrected chi connectivity index (χ4v) is 4.00. The van der Waals surface area contributed by atoms with Crippen LogP contribution in [0.2, 0.25) is 0 Å². The van der Waals surface area contributed by atoms with Crippen molar-refractivity contribution >= 4 is 27.5 Å². The first-order valence-electron chi connectivity index (χ1n) is 9.32. The van der Waals surface area contributed by atoms with Crippen LogP contribution in [0.1, 0.15) is 32.0 Å². The quantitative estimate of drug-likeness (QED) is 0.642. The Morgan fingerprint density at radius 2 is 1.68 bits per heavy atom. The molecule has 0 N–H and O–H groups in total. The van der Waals surface area contributed by atoms with E-state index in [9.17, 15) is 31.2 Å². The first kappa shape index (κ1) is 22.7. The van der Waals surface area contributed by atoms with Gasteiger partial charge in [0.05, 0.1) is 10.6 Å². The fourth-order valence-electron chi connectivity index (χ4n) is 3.24. The first-order valence-corrected chi connectivity index (χ1v) is 10.8. The number of alkyl halides is 3. The first-order chi connectivity index (χ1) is 14.3. The van der Waals surface area contributed by atoms with Crippen LogP contribution in [0.25, 0.3) is 0 Å². The standard InChI is InChI=1S/C20H20F3N3O4S/c1-4-14-11-13(9-10-24-14)12-25-18(28)26(17(27)19(25,2)3)15-5-7-16(8-6-15)31(29,30)20(21,22)23/h5-11H,4,12H2,1-3H3. The maximum atomic E-state index is 13.0. The number of carbonyl (C=O) groups is 2. The third-order valence-electron chi connectivity index (χ3n) is 5.12. The summed E-state index contributed by atoms with van der Waals surface area (Å²) in [6, 6.07) is 6.37. The van der Waals surface area contributed by atoms with Crippen molar-refractivity contribution < 1.29 is 31.2 Å². The van der Waals surface area contributed by atoms with Gasteiger partial charge in [0.1, 0.15) is 5.54 Å². The van der Waals surface area contributed by atoms with Gasteiger partial charge in [0.15, 0.2) is 0 Å². The van der Waals surface area contributed by atoms with E-state index < -0.39 is 37.7 Å². The predicted octanol–water partition coefficient (Wildman–Crippen LogP) is 3.68. The third-order valence-corrected chi connectivity index (χ3v) is 6.62. The molecule has 7 nitrogen and oxygen atoms in total. The highest BCUT2D eigenvalue weighted by Gasteiger charge is 2.52. The summed E-state index contributed by atoms with van der Waals surface area (Å²) in [6.07, 6.45) is 2.31. The largest absolute Gasteiger partial charge is 0.501 e. The lowest BCUT2D eigenvalue weighted by Crippen LogP contribution is -2.43. The van der Waals surface area contributed by atoms with Crippen LogP contribution in [0, 0.1) is 0 Å². The summed E-state index contributed by atoms with van der Waals surface area (Å²) in [6.45, 7) is 5.20. The van der Waals surface area contributed by atoms with Gasteiger partial charge >= 0.3 is 11.5 Å². The molecule has 2 aromatic rings. The lowest BCUT2D eigenvalue weighted by atomic mass is 10.0. The van der Waals surface area contributed by atoms with Crippen LogP contribution >= 0.6 is 0 Å². The number of pyridine rings is 1. The molecule has 3 amide bonds. The maximum Gasteiger partial charge on any atom is 0.501 e. The average Bonchev–Trinajstić information content (AvgIpc) is 2.87. The van der Waals surface area contributed by atoms with E-state index in [1.165, 1.54) is 4.90 Å². The van der Waals surface area contributed by atoms with Crippen molar-refractivity contribution in [1.29, 1.82) is 0 Å². The number of hydrogen-bond acceptors (Lipinski definition) is 5. The van der Waals surface area contributed by atoms with E-state index in [-0.39, 0.29) is 12.2 Å². The molecule has 3 rings (SSSR count). The zero-order valence-corrected chi connectivity index (χ0v) is 17.8. The van der Waals surface area contributed by atoms with Gasteiger partial charge in [-0.15, -0.1) is 0 Å². The number of aromatic nitrogens is 1. The molecule has 0 spiro atoms. The minimum Gasteiger partial charge on any atom is -0.305 e. The second-order valence-corrected chi connectivity index (χ2v) is 9.46. The molecule has 11 heteroatoms. The minimum absolute atomic E-state index is 0.0179. The number of aryl methyl sites for hydroxylation is 1. The van der Waals surface area contributed by atoms with Gasteiger partial charge in [-0.1, -0.05) is 6.92 Å². The molecule has 1 aromatic carbocycles. The topological polar surface area (TPSA) is 87.7 Å². The van der Waals surface area contributed by atoms with Gasteiger partial charge in [0, 0.05) is 18.4 Å². The molecular weight excluding hydrogens is 435 g/mol. The number of nitrogens with zero attached hydrogens (tertiary/aromatic N) is 3. The van der Waals surface area contributed by atoms with Gasteiger partial charge in [-0.05, 0) is 62.2 Å². The van der Waals surface area contributed by atoms with Crippen molar-refractivity contribution in [3.05, 3.63) is 53.9 Å². The summed E-state index contributed by atoms with van der Waals surface area (Å²) in [7, 11) is -5.53. The van der Waals surface area contributed by atoms with Gasteiger partial charge < -0.3 is 4.90 Å². The number of hydrogen-bond donors (Lipinski definition) is 0. The second-order valence-electron chi connectivity index (χ2n) is 7.52. The number of anilines is 1. The number of amides is 3. The van der Waals surface area contributed by atoms with E-state index >= 15 is 0 Å². The maximum absolute atomic E-state index is 13.0. The van der Waals surface area contributed by atoms with E-state index in [0.29, 0.717) is 6.42 Å². The molecule has 0 radical (unpaired) electrons. The molecule has 1 aliphatic rings. The monoisotopic (exact) mass is 455 g/mol. The Kier molecular flexibility index (Phi) is 5.59. The number of halogens is 3. The fraction of sp³-hybridized carbons (Fsp3) is 0.350. The SMILES string of the molecule is CCc1cc(CN2C(=O)N(c3ccc(S(=O)(=O)C(F)(F)F)cc3)C(=O)C2(C)C)ccn1. The van der Waals surface area contributed by atoms with Crippen LogP contribution in [-0.4, -0.2) is 41.3 Å². The van der Waals surface area contributed by atoms with Gasteiger partial charge in [-0.3, -0.25) is 9.78 Å². The molecule has 166 valence electrons. The lowest BCUT2D eigenvalue weighted by Gasteiger charge is -2.27. The molecule has 0 saturated carbocycles. The van der Waals surface area contributed by atoms with Crippen molar-refractivity contribution in [2.75, 3.05) is 4.90 Å². The Hall–Kier alpha value is -2.95. The van der Waals surface area contributed by atoms with E-state index in [1.54, 1.807) is 26.1 Å². The Balaban J connectivity index is 1.92. The van der Waals surface area contributed by atoms with Crippen LogP contribution in [-0.2, 0) is 27.6 Å². The van der Waals surface area contributed by atoms with E-state index in [2.05, 4.69) is 4.98 Å². The van der Waals surface area contributed by atoms with Crippen molar-refractivity contribution in [2.24, 2.45) is 0 Å². The smallest absolute Gasteiger partial charge is 0.305 e. The number of sulfone groups is 1. The molecule has 1 saturated heterocycles. The highest BCUT2D eigenvalue weighted by atomic mass is 32.2. The summed E-state index contributed by atoms with van der Waals surface area (Å²) in [5, 5.41) is 0. The Labute approximate surface area is 177 Å². The molecule has 2 heterocycles. The van der Waals surface area contributed by atoms with Gasteiger partial charge in [0.2, 0.25) is 0 Å².